The van der Waals surface area contributed by atoms with Crippen LogP contribution in [0, 0.1) is 5.92 Å². The quantitative estimate of drug-likeness (QED) is 0.146. The average molecular weight is 709 g/mol. The van der Waals surface area contributed by atoms with Gasteiger partial charge < -0.3 is 39.2 Å². The minimum absolute atomic E-state index is 0.0241. The van der Waals surface area contributed by atoms with Crippen LogP contribution in [0.2, 0.25) is 0 Å². The van der Waals surface area contributed by atoms with Crippen LogP contribution in [-0.2, 0) is 39.2 Å². The number of halogens is 2. The summed E-state index contributed by atoms with van der Waals surface area (Å²) in [6, 6.07) is -0.943. The highest BCUT2D eigenvalue weighted by atomic mass is 32.7. The van der Waals surface area contributed by atoms with E-state index in [9.17, 15) is 14.3 Å². The standard InChI is InChI=1S/C21H24F2N10O8P2S2/c22-10-8(32-5-28-12-16(24)26-4-27-17(12)32)1-7-2-37-42(35,44)41-15-9(3-38-43(36,45)40-14(7)10)39-20(11(15)23)33-6-29-13-18(33)30-21(25)31-19(13)34/h4-11,14-15,20H,1-3H2,(H,35,44)(H,36,45)(H2,24,26,27)(H3,25,30,31,34)/t7-,8-,9-,10?,11?,14?,15?,20-,42?,43?/m1/s1. The minimum Gasteiger partial charge on any atom is -0.382 e. The van der Waals surface area contributed by atoms with Crippen LogP contribution < -0.4 is 17.0 Å². The number of nitrogen functional groups attached to an aromatic ring is 2. The van der Waals surface area contributed by atoms with Crippen molar-refractivity contribution in [2.75, 3.05) is 24.7 Å². The Bertz CT molecular complexity index is 1950. The number of anilines is 2. The number of alkyl halides is 2. The van der Waals surface area contributed by atoms with Gasteiger partial charge in [-0.3, -0.25) is 18.9 Å². The normalized spacial score (nSPS) is 37.7. The van der Waals surface area contributed by atoms with E-state index in [0.29, 0.717) is 0 Å². The fourth-order valence-electron chi connectivity index (χ4n) is 5.77. The summed E-state index contributed by atoms with van der Waals surface area (Å²) in [6.07, 6.45) is -6.15. The molecular weight excluding hydrogens is 684 g/mol. The summed E-state index contributed by atoms with van der Waals surface area (Å²) in [5.74, 6) is -1.01. The second kappa shape index (κ2) is 11.3. The number of H-pyrrole nitrogens is 1. The first-order valence-electron chi connectivity index (χ1n) is 13.2. The molecular formula is C21H24F2N10O8P2S2. The molecule has 7 rings (SSSR count). The van der Waals surface area contributed by atoms with Gasteiger partial charge in [-0.15, -0.1) is 0 Å². The van der Waals surface area contributed by atoms with Crippen molar-refractivity contribution < 1.29 is 41.1 Å². The molecule has 18 nitrogen and oxygen atoms in total. The summed E-state index contributed by atoms with van der Waals surface area (Å²) < 4.78 is 76.1. The summed E-state index contributed by atoms with van der Waals surface area (Å²) in [7, 11) is 0. The second-order valence-corrected chi connectivity index (χ2v) is 16.2. The molecule has 0 radical (unpaired) electrons. The molecule has 0 spiro atoms. The van der Waals surface area contributed by atoms with Gasteiger partial charge >= 0.3 is 13.5 Å². The smallest absolute Gasteiger partial charge is 0.382 e. The van der Waals surface area contributed by atoms with Gasteiger partial charge in [-0.1, -0.05) is 12.2 Å². The SMILES string of the molecule is Nc1nc2c(ncn2[C@@H]2O[C@@H]3COP(O)(=S)OC4C(F)[C@H](n5cnc6c(N)ncnc65)C[C@@H]4COP(=O)(S)OC3C2F)c(=O)[nH]1. The Hall–Kier alpha value is -2.65. The topological polar surface area (TPSA) is 243 Å². The number of aromatic nitrogens is 8. The van der Waals surface area contributed by atoms with Crippen LogP contribution in [0.25, 0.3) is 22.3 Å². The molecule has 6 N–H and O–H groups in total. The van der Waals surface area contributed by atoms with Gasteiger partial charge in [0.25, 0.3) is 5.56 Å². The number of ether oxygens (including phenoxy) is 1. The molecule has 0 bridgehead atoms. The number of hydrogen-bond donors (Lipinski definition) is 5. The van der Waals surface area contributed by atoms with Crippen LogP contribution in [0.15, 0.2) is 23.8 Å². The number of nitrogens with two attached hydrogens (primary N) is 2. The Morgan fingerprint density at radius 2 is 1.78 bits per heavy atom. The maximum atomic E-state index is 16.1. The molecule has 45 heavy (non-hydrogen) atoms. The van der Waals surface area contributed by atoms with Crippen LogP contribution in [0.1, 0.15) is 18.7 Å². The molecule has 6 heterocycles. The van der Waals surface area contributed by atoms with Crippen molar-refractivity contribution in [1.82, 2.24) is 39.0 Å². The highest BCUT2D eigenvalue weighted by molar-refractivity contribution is 8.44. The van der Waals surface area contributed by atoms with Crippen molar-refractivity contribution in [1.29, 1.82) is 0 Å². The third kappa shape index (κ3) is 5.56. The largest absolute Gasteiger partial charge is 0.386 e. The third-order valence-corrected chi connectivity index (χ3v) is 11.0. The van der Waals surface area contributed by atoms with Gasteiger partial charge in [0.15, 0.2) is 35.0 Å². The van der Waals surface area contributed by atoms with Crippen molar-refractivity contribution in [3.05, 3.63) is 29.3 Å². The number of nitrogens with zero attached hydrogens (tertiary/aromatic N) is 7. The highest BCUT2D eigenvalue weighted by Gasteiger charge is 2.53. The van der Waals surface area contributed by atoms with Crippen molar-refractivity contribution in [3.8, 4) is 0 Å². The molecule has 1 saturated carbocycles. The summed E-state index contributed by atoms with van der Waals surface area (Å²) in [4.78, 5) is 45.6. The van der Waals surface area contributed by atoms with E-state index in [4.69, 9.17) is 46.1 Å². The lowest BCUT2D eigenvalue weighted by molar-refractivity contribution is -0.0472. The molecule has 10 atom stereocenters. The van der Waals surface area contributed by atoms with E-state index in [1.807, 2.05) is 0 Å². The number of thiol groups is 1. The van der Waals surface area contributed by atoms with Crippen LogP contribution in [0.5, 0.6) is 0 Å². The van der Waals surface area contributed by atoms with E-state index in [-0.39, 0.29) is 40.5 Å². The summed E-state index contributed by atoms with van der Waals surface area (Å²) >= 11 is 9.22. The fourth-order valence-corrected chi connectivity index (χ4v) is 8.77. The number of fused-ring (bicyclic) bond motifs is 4. The lowest BCUT2D eigenvalue weighted by Crippen LogP contribution is -2.35. The zero-order valence-corrected chi connectivity index (χ0v) is 26.1. The maximum absolute atomic E-state index is 16.1. The first kappa shape index (κ1) is 31.0. The minimum atomic E-state index is -4.35. The summed E-state index contributed by atoms with van der Waals surface area (Å²) in [5, 5.41) is 0. The Morgan fingerprint density at radius 3 is 2.58 bits per heavy atom. The average Bonchev–Trinajstić information content (AvgIpc) is 3.72. The van der Waals surface area contributed by atoms with Crippen LogP contribution >= 0.6 is 25.8 Å². The molecule has 4 aromatic rings. The first-order chi connectivity index (χ1) is 21.3. The molecule has 0 amide bonds. The lowest BCUT2D eigenvalue weighted by atomic mass is 10.1. The van der Waals surface area contributed by atoms with Crippen molar-refractivity contribution in [2.24, 2.45) is 5.92 Å². The Labute approximate surface area is 260 Å². The lowest BCUT2D eigenvalue weighted by Gasteiger charge is -2.30. The second-order valence-electron chi connectivity index (χ2n) is 10.5. The van der Waals surface area contributed by atoms with E-state index in [0.717, 1.165) is 10.9 Å². The number of hydrogen-bond acceptors (Lipinski definition) is 15. The third-order valence-electron chi connectivity index (χ3n) is 7.79. The van der Waals surface area contributed by atoms with Gasteiger partial charge in [0.1, 0.15) is 36.3 Å². The molecule has 1 aliphatic carbocycles. The van der Waals surface area contributed by atoms with E-state index in [2.05, 4.69) is 42.2 Å². The molecule has 3 fully saturated rings. The van der Waals surface area contributed by atoms with Crippen molar-refractivity contribution >= 4 is 71.7 Å². The molecule has 6 unspecified atom stereocenters. The van der Waals surface area contributed by atoms with Crippen LogP contribution in [0.4, 0.5) is 20.5 Å². The number of imidazole rings is 2. The molecule has 2 saturated heterocycles. The van der Waals surface area contributed by atoms with E-state index < -0.39 is 81.1 Å². The zero-order valence-electron chi connectivity index (χ0n) is 22.6. The molecule has 24 heteroatoms. The molecule has 3 aliphatic rings. The molecule has 4 aromatic heterocycles. The van der Waals surface area contributed by atoms with Crippen LogP contribution in [-0.4, -0.2) is 87.8 Å². The van der Waals surface area contributed by atoms with Crippen LogP contribution in [0.3, 0.4) is 0 Å². The predicted octanol–water partition coefficient (Wildman–Crippen LogP) is 1.33. The number of nitrogens with one attached hydrogen (secondary N) is 1. The molecule has 242 valence electrons. The molecule has 0 aromatic carbocycles. The van der Waals surface area contributed by atoms with E-state index >= 15 is 8.78 Å². The van der Waals surface area contributed by atoms with Crippen molar-refractivity contribution in [2.45, 2.75) is 49.3 Å². The Balaban J connectivity index is 1.17. The van der Waals surface area contributed by atoms with Gasteiger partial charge in [0.2, 0.25) is 5.95 Å². The summed E-state index contributed by atoms with van der Waals surface area (Å²) in [6.45, 7) is -9.64. The monoisotopic (exact) mass is 708 g/mol. The first-order valence-corrected chi connectivity index (χ1v) is 18.5. The fraction of sp³-hybridized carbons (Fsp3) is 0.524. The van der Waals surface area contributed by atoms with Crippen molar-refractivity contribution in [3.63, 3.8) is 0 Å². The predicted molar refractivity (Wildman–Crippen MR) is 158 cm³/mol. The van der Waals surface area contributed by atoms with E-state index in [1.54, 1.807) is 0 Å². The molecule has 2 aliphatic heterocycles. The van der Waals surface area contributed by atoms with Gasteiger partial charge in [-0.25, -0.2) is 33.3 Å². The van der Waals surface area contributed by atoms with Gasteiger partial charge in [-0.2, -0.15) is 4.98 Å². The summed E-state index contributed by atoms with van der Waals surface area (Å²) in [5.41, 5.74) is 11.1. The Kier molecular flexibility index (Phi) is 7.75. The number of aromatic amines is 1. The zero-order chi connectivity index (χ0) is 31.8. The number of rotatable bonds is 2. The Morgan fingerprint density at radius 1 is 1.02 bits per heavy atom. The van der Waals surface area contributed by atoms with Gasteiger partial charge in [-0.05, 0) is 18.2 Å². The van der Waals surface area contributed by atoms with E-state index in [1.165, 1.54) is 17.2 Å². The maximum Gasteiger partial charge on any atom is 0.386 e. The highest BCUT2D eigenvalue weighted by Crippen LogP contribution is 2.59. The van der Waals surface area contributed by atoms with Gasteiger partial charge in [0.05, 0.1) is 31.9 Å². The van der Waals surface area contributed by atoms with Gasteiger partial charge in [0, 0.05) is 5.92 Å².